The molecule has 1 amide bonds. The van der Waals surface area contributed by atoms with Crippen molar-refractivity contribution in [3.05, 3.63) is 77.2 Å². The maximum Gasteiger partial charge on any atom is 0.278 e. The Morgan fingerprint density at radius 2 is 1.82 bits per heavy atom. The van der Waals surface area contributed by atoms with E-state index in [0.29, 0.717) is 27.8 Å². The number of nitriles is 1. The molecule has 0 unspecified atom stereocenters. The quantitative estimate of drug-likeness (QED) is 0.539. The number of nitrogens with one attached hydrogen (secondary N) is 2. The van der Waals surface area contributed by atoms with Crippen LogP contribution in [0.3, 0.4) is 0 Å². The molecule has 4 aromatic rings. The summed E-state index contributed by atoms with van der Waals surface area (Å²) < 4.78 is 13.3. The number of imidazole rings is 1. The van der Waals surface area contributed by atoms with Crippen molar-refractivity contribution in [1.82, 2.24) is 15.0 Å². The van der Waals surface area contributed by atoms with E-state index in [1.54, 1.807) is 48.0 Å². The topological polar surface area (TPSA) is 94.5 Å². The number of thiazole rings is 1. The van der Waals surface area contributed by atoms with Crippen LogP contribution in [0.2, 0.25) is 0 Å². The third-order valence-electron chi connectivity index (χ3n) is 3.99. The summed E-state index contributed by atoms with van der Waals surface area (Å²) >= 11 is 1.30. The summed E-state index contributed by atoms with van der Waals surface area (Å²) in [5.41, 5.74) is 2.50. The highest BCUT2D eigenvalue weighted by Crippen LogP contribution is 2.27. The van der Waals surface area contributed by atoms with Gasteiger partial charge in [0.25, 0.3) is 5.91 Å². The zero-order valence-electron chi connectivity index (χ0n) is 14.3. The molecular formula is C20H12FN5OS. The van der Waals surface area contributed by atoms with Gasteiger partial charge >= 0.3 is 0 Å². The summed E-state index contributed by atoms with van der Waals surface area (Å²) in [5, 5.41) is 13.9. The van der Waals surface area contributed by atoms with Crippen LogP contribution in [0.4, 0.5) is 9.52 Å². The van der Waals surface area contributed by atoms with Gasteiger partial charge in [0.05, 0.1) is 17.3 Å². The number of H-pyrrole nitrogens is 1. The molecule has 2 aromatic carbocycles. The van der Waals surface area contributed by atoms with Gasteiger partial charge in [-0.05, 0) is 48.5 Å². The zero-order valence-corrected chi connectivity index (χ0v) is 15.1. The first-order valence-corrected chi connectivity index (χ1v) is 9.09. The van der Waals surface area contributed by atoms with Crippen molar-refractivity contribution in [2.45, 2.75) is 0 Å². The van der Waals surface area contributed by atoms with E-state index < -0.39 is 5.91 Å². The fourth-order valence-electron chi connectivity index (χ4n) is 2.64. The highest BCUT2D eigenvalue weighted by atomic mass is 32.1. The van der Waals surface area contributed by atoms with Gasteiger partial charge in [0.1, 0.15) is 11.6 Å². The molecule has 2 aromatic heterocycles. The number of carbonyl (C=O) groups excluding carboxylic acids is 1. The Bertz CT molecular complexity index is 1160. The smallest absolute Gasteiger partial charge is 0.278 e. The summed E-state index contributed by atoms with van der Waals surface area (Å²) in [6.45, 7) is 0. The molecular weight excluding hydrogens is 377 g/mol. The SMILES string of the molecule is N#Cc1ccc(-c2nc(C(=O)Nc3nccs3)c(-c3ccc(F)cc3)[nH]2)cc1. The predicted octanol–water partition coefficient (Wildman–Crippen LogP) is 4.46. The summed E-state index contributed by atoms with van der Waals surface area (Å²) in [7, 11) is 0. The van der Waals surface area contributed by atoms with Gasteiger partial charge in [-0.1, -0.05) is 0 Å². The summed E-state index contributed by atoms with van der Waals surface area (Å²) in [6, 6.07) is 14.7. The van der Waals surface area contributed by atoms with Crippen LogP contribution in [0.1, 0.15) is 16.1 Å². The molecule has 0 bridgehead atoms. The van der Waals surface area contributed by atoms with Crippen molar-refractivity contribution in [3.63, 3.8) is 0 Å². The van der Waals surface area contributed by atoms with E-state index in [4.69, 9.17) is 5.26 Å². The Kier molecular flexibility index (Phi) is 4.66. The minimum atomic E-state index is -0.426. The first-order valence-electron chi connectivity index (χ1n) is 8.21. The van der Waals surface area contributed by atoms with Gasteiger partial charge in [0.2, 0.25) is 0 Å². The second-order valence-corrected chi connectivity index (χ2v) is 6.69. The van der Waals surface area contributed by atoms with Crippen LogP contribution in [-0.4, -0.2) is 20.9 Å². The van der Waals surface area contributed by atoms with Crippen LogP contribution in [0.5, 0.6) is 0 Å². The second kappa shape index (κ2) is 7.42. The Morgan fingerprint density at radius 3 is 2.46 bits per heavy atom. The van der Waals surface area contributed by atoms with Crippen molar-refractivity contribution < 1.29 is 9.18 Å². The first-order chi connectivity index (χ1) is 13.6. The van der Waals surface area contributed by atoms with Crippen molar-refractivity contribution in [2.75, 3.05) is 5.32 Å². The van der Waals surface area contributed by atoms with E-state index in [0.717, 1.165) is 5.56 Å². The number of hydrogen-bond acceptors (Lipinski definition) is 5. The van der Waals surface area contributed by atoms with Gasteiger partial charge in [0, 0.05) is 22.7 Å². The molecule has 28 heavy (non-hydrogen) atoms. The summed E-state index contributed by atoms with van der Waals surface area (Å²) in [6.07, 6.45) is 1.59. The van der Waals surface area contributed by atoms with Gasteiger partial charge in [-0.25, -0.2) is 14.4 Å². The Hall–Kier alpha value is -3.83. The standard InChI is InChI=1S/C20H12FN5OS/c21-15-7-5-13(6-8-15)16-17(19(27)26-20-23-9-10-28-20)25-18(24-16)14-3-1-12(11-22)2-4-14/h1-10H,(H,24,25)(H,23,26,27). The highest BCUT2D eigenvalue weighted by Gasteiger charge is 2.20. The molecule has 0 atom stereocenters. The molecule has 0 saturated carbocycles. The van der Waals surface area contributed by atoms with Gasteiger partial charge in [-0.15, -0.1) is 11.3 Å². The predicted molar refractivity (Wildman–Crippen MR) is 104 cm³/mol. The minimum absolute atomic E-state index is 0.168. The van der Waals surface area contributed by atoms with Crippen LogP contribution in [-0.2, 0) is 0 Å². The Morgan fingerprint density at radius 1 is 1.11 bits per heavy atom. The molecule has 0 radical (unpaired) electrons. The Labute approximate surface area is 163 Å². The van der Waals surface area contributed by atoms with Crippen molar-refractivity contribution in [1.29, 1.82) is 5.26 Å². The normalized spacial score (nSPS) is 10.4. The van der Waals surface area contributed by atoms with Crippen LogP contribution in [0.25, 0.3) is 22.6 Å². The number of halogens is 1. The molecule has 6 nitrogen and oxygen atoms in total. The summed E-state index contributed by atoms with van der Waals surface area (Å²) in [4.78, 5) is 24.4. The van der Waals surface area contributed by atoms with E-state index in [1.807, 2.05) is 0 Å². The van der Waals surface area contributed by atoms with Crippen molar-refractivity contribution >= 4 is 22.4 Å². The lowest BCUT2D eigenvalue weighted by Crippen LogP contribution is -2.13. The van der Waals surface area contributed by atoms with Crippen LogP contribution < -0.4 is 5.32 Å². The molecule has 8 heteroatoms. The molecule has 0 aliphatic rings. The molecule has 2 heterocycles. The number of aromatic amines is 1. The summed E-state index contributed by atoms with van der Waals surface area (Å²) in [5.74, 6) is -0.331. The molecule has 0 aliphatic carbocycles. The fourth-order valence-corrected chi connectivity index (χ4v) is 3.17. The molecule has 0 saturated heterocycles. The van der Waals surface area contributed by atoms with Crippen LogP contribution in [0.15, 0.2) is 60.1 Å². The number of aromatic nitrogens is 3. The third-order valence-corrected chi connectivity index (χ3v) is 4.68. The largest absolute Gasteiger partial charge is 0.337 e. The number of carbonyl (C=O) groups is 1. The number of rotatable bonds is 4. The lowest BCUT2D eigenvalue weighted by atomic mass is 10.1. The number of amides is 1. The van der Waals surface area contributed by atoms with Crippen molar-refractivity contribution in [2.24, 2.45) is 0 Å². The van der Waals surface area contributed by atoms with Crippen molar-refractivity contribution in [3.8, 4) is 28.7 Å². The molecule has 136 valence electrons. The minimum Gasteiger partial charge on any atom is -0.337 e. The van der Waals surface area contributed by atoms with E-state index in [9.17, 15) is 9.18 Å². The number of benzene rings is 2. The monoisotopic (exact) mass is 389 g/mol. The molecule has 0 spiro atoms. The molecule has 0 fully saturated rings. The molecule has 0 aliphatic heterocycles. The van der Waals surface area contributed by atoms with E-state index in [2.05, 4.69) is 26.3 Å². The van der Waals surface area contributed by atoms with E-state index in [1.165, 1.54) is 23.5 Å². The maximum atomic E-state index is 13.3. The van der Waals surface area contributed by atoms with Gasteiger partial charge < -0.3 is 4.98 Å². The lowest BCUT2D eigenvalue weighted by molar-refractivity contribution is 0.102. The fraction of sp³-hybridized carbons (Fsp3) is 0. The van der Waals surface area contributed by atoms with Gasteiger partial charge in [-0.3, -0.25) is 10.1 Å². The molecule has 2 N–H and O–H groups in total. The number of anilines is 1. The number of hydrogen-bond donors (Lipinski definition) is 2. The third kappa shape index (κ3) is 3.51. The zero-order chi connectivity index (χ0) is 19.5. The Balaban J connectivity index is 1.77. The second-order valence-electron chi connectivity index (χ2n) is 5.80. The van der Waals surface area contributed by atoms with E-state index >= 15 is 0 Å². The lowest BCUT2D eigenvalue weighted by Gasteiger charge is -2.03. The maximum absolute atomic E-state index is 13.3. The van der Waals surface area contributed by atoms with Gasteiger partial charge in [0.15, 0.2) is 10.8 Å². The van der Waals surface area contributed by atoms with Crippen LogP contribution >= 0.6 is 11.3 Å². The average Bonchev–Trinajstić information content (AvgIpc) is 3.39. The average molecular weight is 389 g/mol. The first kappa shape index (κ1) is 17.6. The number of nitrogens with zero attached hydrogens (tertiary/aromatic N) is 3. The van der Waals surface area contributed by atoms with Crippen LogP contribution in [0, 0.1) is 17.1 Å². The highest BCUT2D eigenvalue weighted by molar-refractivity contribution is 7.13. The van der Waals surface area contributed by atoms with Gasteiger partial charge in [-0.2, -0.15) is 5.26 Å². The molecule has 4 rings (SSSR count). The van der Waals surface area contributed by atoms with E-state index in [-0.39, 0.29) is 11.5 Å².